The number of carbonyl (C=O) groups excluding carboxylic acids is 2. The predicted molar refractivity (Wildman–Crippen MR) is 89.4 cm³/mol. The smallest absolute Gasteiger partial charge is 0.348 e. The van der Waals surface area contributed by atoms with Crippen LogP contribution in [-0.4, -0.2) is 25.5 Å². The van der Waals surface area contributed by atoms with Crippen molar-refractivity contribution in [3.63, 3.8) is 0 Å². The number of fused-ring (bicyclic) bond motifs is 1. The first-order chi connectivity index (χ1) is 11.2. The third-order valence-corrected chi connectivity index (χ3v) is 4.46. The van der Waals surface area contributed by atoms with Gasteiger partial charge in [-0.3, -0.25) is 4.79 Å². The molecule has 3 aromatic rings. The van der Waals surface area contributed by atoms with Gasteiger partial charge in [0.2, 0.25) is 5.78 Å². The largest absolute Gasteiger partial charge is 0.496 e. The first kappa shape index (κ1) is 15.2. The Balaban J connectivity index is 1.70. The van der Waals surface area contributed by atoms with Crippen LogP contribution in [0.25, 0.3) is 10.1 Å². The zero-order chi connectivity index (χ0) is 16.2. The molecule has 0 aliphatic rings. The number of ether oxygens (including phenoxy) is 2. The summed E-state index contributed by atoms with van der Waals surface area (Å²) in [5, 5.41) is 0.987. The maximum atomic E-state index is 12.2. The van der Waals surface area contributed by atoms with Crippen molar-refractivity contribution in [2.75, 3.05) is 13.7 Å². The molecule has 1 heterocycles. The fourth-order valence-corrected chi connectivity index (χ4v) is 3.19. The van der Waals surface area contributed by atoms with Crippen LogP contribution >= 0.6 is 11.3 Å². The van der Waals surface area contributed by atoms with E-state index in [-0.39, 0.29) is 12.4 Å². The average Bonchev–Trinajstić information content (AvgIpc) is 3.03. The Bertz CT molecular complexity index is 833. The van der Waals surface area contributed by atoms with Gasteiger partial charge in [-0.05, 0) is 29.7 Å². The molecule has 23 heavy (non-hydrogen) atoms. The Morgan fingerprint density at radius 1 is 1.04 bits per heavy atom. The Morgan fingerprint density at radius 3 is 2.57 bits per heavy atom. The summed E-state index contributed by atoms with van der Waals surface area (Å²) in [5.41, 5.74) is 0.402. The van der Waals surface area contributed by atoms with Gasteiger partial charge >= 0.3 is 5.97 Å². The molecular weight excluding hydrogens is 312 g/mol. The average molecular weight is 326 g/mol. The van der Waals surface area contributed by atoms with Crippen molar-refractivity contribution in [1.82, 2.24) is 0 Å². The molecule has 0 radical (unpaired) electrons. The number of rotatable bonds is 5. The van der Waals surface area contributed by atoms with Gasteiger partial charge in [0.25, 0.3) is 0 Å². The van der Waals surface area contributed by atoms with Crippen LogP contribution in [0, 0.1) is 0 Å². The summed E-state index contributed by atoms with van der Waals surface area (Å²) in [6.45, 7) is -0.312. The first-order valence-electron chi connectivity index (χ1n) is 7.01. The lowest BCUT2D eigenvalue weighted by Gasteiger charge is -2.07. The highest BCUT2D eigenvalue weighted by atomic mass is 32.1. The van der Waals surface area contributed by atoms with Crippen molar-refractivity contribution in [2.24, 2.45) is 0 Å². The monoisotopic (exact) mass is 326 g/mol. The van der Waals surface area contributed by atoms with Gasteiger partial charge in [-0.1, -0.05) is 30.3 Å². The minimum Gasteiger partial charge on any atom is -0.496 e. The van der Waals surface area contributed by atoms with E-state index in [2.05, 4.69) is 0 Å². The second-order valence-corrected chi connectivity index (χ2v) is 5.93. The summed E-state index contributed by atoms with van der Waals surface area (Å²) in [6.07, 6.45) is 0. The number of thiophene rings is 1. The summed E-state index contributed by atoms with van der Waals surface area (Å²) < 4.78 is 11.3. The van der Waals surface area contributed by atoms with Crippen molar-refractivity contribution in [2.45, 2.75) is 0 Å². The third kappa shape index (κ3) is 3.24. The number of benzene rings is 2. The van der Waals surface area contributed by atoms with Crippen LogP contribution in [-0.2, 0) is 4.74 Å². The fourth-order valence-electron chi connectivity index (χ4n) is 2.24. The molecule has 0 unspecified atom stereocenters. The van der Waals surface area contributed by atoms with Crippen LogP contribution in [0.15, 0.2) is 54.6 Å². The fraction of sp³-hybridized carbons (Fsp3) is 0.111. The van der Waals surface area contributed by atoms with Gasteiger partial charge in [-0.2, -0.15) is 0 Å². The normalized spacial score (nSPS) is 10.5. The lowest BCUT2D eigenvalue weighted by Crippen LogP contribution is -2.14. The molecule has 4 nitrogen and oxygen atoms in total. The Morgan fingerprint density at radius 2 is 1.78 bits per heavy atom. The van der Waals surface area contributed by atoms with E-state index in [1.54, 1.807) is 30.3 Å². The summed E-state index contributed by atoms with van der Waals surface area (Å²) in [5.74, 6) is -0.318. The molecule has 0 saturated carbocycles. The topological polar surface area (TPSA) is 52.6 Å². The van der Waals surface area contributed by atoms with Crippen molar-refractivity contribution < 1.29 is 19.1 Å². The highest BCUT2D eigenvalue weighted by Crippen LogP contribution is 2.26. The van der Waals surface area contributed by atoms with E-state index in [1.807, 2.05) is 24.3 Å². The van der Waals surface area contributed by atoms with E-state index in [9.17, 15) is 9.59 Å². The Hall–Kier alpha value is -2.66. The minimum absolute atomic E-state index is 0.295. The van der Waals surface area contributed by atoms with Crippen LogP contribution in [0.4, 0.5) is 0 Å². The van der Waals surface area contributed by atoms with Gasteiger partial charge in [0.15, 0.2) is 6.61 Å². The number of methoxy groups -OCH3 is 1. The SMILES string of the molecule is COc1ccccc1C(=O)COC(=O)c1cc2ccccc2s1. The molecule has 5 heteroatoms. The molecule has 1 aromatic heterocycles. The lowest BCUT2D eigenvalue weighted by atomic mass is 10.1. The van der Waals surface area contributed by atoms with E-state index in [0.29, 0.717) is 16.2 Å². The first-order valence-corrected chi connectivity index (χ1v) is 7.82. The maximum Gasteiger partial charge on any atom is 0.348 e. The van der Waals surface area contributed by atoms with Gasteiger partial charge in [-0.25, -0.2) is 4.79 Å². The van der Waals surface area contributed by atoms with Crippen molar-refractivity contribution in [3.05, 3.63) is 65.0 Å². The van der Waals surface area contributed by atoms with E-state index in [4.69, 9.17) is 9.47 Å². The van der Waals surface area contributed by atoms with Gasteiger partial charge in [0, 0.05) is 4.70 Å². The quantitative estimate of drug-likeness (QED) is 0.526. The minimum atomic E-state index is -0.491. The summed E-state index contributed by atoms with van der Waals surface area (Å²) in [6, 6.07) is 16.3. The van der Waals surface area contributed by atoms with Crippen molar-refractivity contribution in [1.29, 1.82) is 0 Å². The van der Waals surface area contributed by atoms with E-state index >= 15 is 0 Å². The molecule has 0 amide bonds. The standard InChI is InChI=1S/C18H14O4S/c1-21-15-8-4-3-7-13(15)14(19)11-22-18(20)17-10-12-6-2-5-9-16(12)23-17/h2-10H,11H2,1H3. The van der Waals surface area contributed by atoms with Gasteiger partial charge < -0.3 is 9.47 Å². The number of esters is 1. The zero-order valence-corrected chi connectivity index (χ0v) is 13.3. The molecule has 0 atom stereocenters. The Kier molecular flexibility index (Phi) is 4.39. The zero-order valence-electron chi connectivity index (χ0n) is 12.4. The van der Waals surface area contributed by atoms with E-state index < -0.39 is 5.97 Å². The van der Waals surface area contributed by atoms with Crippen LogP contribution in [0.3, 0.4) is 0 Å². The molecule has 0 aliphatic carbocycles. The highest BCUT2D eigenvalue weighted by Gasteiger charge is 2.16. The molecule has 0 aliphatic heterocycles. The van der Waals surface area contributed by atoms with Crippen molar-refractivity contribution in [3.8, 4) is 5.75 Å². The summed E-state index contributed by atoms with van der Waals surface area (Å²) in [7, 11) is 1.50. The summed E-state index contributed by atoms with van der Waals surface area (Å²) >= 11 is 1.35. The number of hydrogen-bond acceptors (Lipinski definition) is 5. The van der Waals surface area contributed by atoms with Crippen LogP contribution in [0.1, 0.15) is 20.0 Å². The molecule has 2 aromatic carbocycles. The number of carbonyl (C=O) groups is 2. The second-order valence-electron chi connectivity index (χ2n) is 4.85. The molecule has 0 fully saturated rings. The Labute approximate surface area is 137 Å². The molecule has 0 N–H and O–H groups in total. The number of para-hydroxylation sites is 1. The molecule has 0 spiro atoms. The number of hydrogen-bond donors (Lipinski definition) is 0. The molecular formula is C18H14O4S. The van der Waals surface area contributed by atoms with Crippen LogP contribution in [0.2, 0.25) is 0 Å². The van der Waals surface area contributed by atoms with Gasteiger partial charge in [-0.15, -0.1) is 11.3 Å². The van der Waals surface area contributed by atoms with Crippen LogP contribution < -0.4 is 4.74 Å². The van der Waals surface area contributed by atoms with Crippen LogP contribution in [0.5, 0.6) is 5.75 Å². The molecule has 0 bridgehead atoms. The van der Waals surface area contributed by atoms with Gasteiger partial charge in [0.1, 0.15) is 10.6 Å². The maximum absolute atomic E-state index is 12.2. The molecule has 116 valence electrons. The summed E-state index contributed by atoms with van der Waals surface area (Å²) in [4.78, 5) is 24.8. The van der Waals surface area contributed by atoms with E-state index in [1.165, 1.54) is 18.4 Å². The van der Waals surface area contributed by atoms with Gasteiger partial charge in [0.05, 0.1) is 12.7 Å². The predicted octanol–water partition coefficient (Wildman–Crippen LogP) is 3.95. The highest BCUT2D eigenvalue weighted by molar-refractivity contribution is 7.20. The molecule has 0 saturated heterocycles. The number of Topliss-reactive ketones (excluding diaryl/α,β-unsaturated/α-hetero) is 1. The lowest BCUT2D eigenvalue weighted by molar-refractivity contribution is 0.0479. The third-order valence-electron chi connectivity index (χ3n) is 3.37. The second kappa shape index (κ2) is 6.62. The molecule has 3 rings (SSSR count). The van der Waals surface area contributed by atoms with Crippen molar-refractivity contribution >= 4 is 33.2 Å². The van der Waals surface area contributed by atoms with E-state index in [0.717, 1.165) is 10.1 Å². The number of ketones is 1.